The van der Waals surface area contributed by atoms with Crippen molar-refractivity contribution in [2.45, 2.75) is 26.2 Å². The molecule has 0 amide bonds. The fourth-order valence-corrected chi connectivity index (χ4v) is 1.83. The van der Waals surface area contributed by atoms with Gasteiger partial charge in [0.1, 0.15) is 5.75 Å². The minimum Gasteiger partial charge on any atom is -0.494 e. The highest BCUT2D eigenvalue weighted by molar-refractivity contribution is 6.34. The molecule has 1 aliphatic rings. The second-order valence-electron chi connectivity index (χ2n) is 4.13. The van der Waals surface area contributed by atoms with Crippen LogP contribution in [0.1, 0.15) is 36.5 Å². The standard InChI is InChI=1S/C13H15ClO2/c1-2-7-16-10-5-6-11(12(14)8-10)13(15)9-3-4-9/h5-6,8-9H,2-4,7H2,1H3. The Kier molecular flexibility index (Phi) is 3.49. The summed E-state index contributed by atoms with van der Waals surface area (Å²) in [6.45, 7) is 2.72. The second kappa shape index (κ2) is 4.88. The maximum atomic E-state index is 11.8. The molecule has 0 radical (unpaired) electrons. The summed E-state index contributed by atoms with van der Waals surface area (Å²) in [6, 6.07) is 5.32. The molecule has 2 rings (SSSR count). The van der Waals surface area contributed by atoms with Gasteiger partial charge in [0.05, 0.1) is 11.6 Å². The molecule has 2 nitrogen and oxygen atoms in total. The Morgan fingerprint density at radius 2 is 2.25 bits per heavy atom. The first-order chi connectivity index (χ1) is 7.72. The lowest BCUT2D eigenvalue weighted by molar-refractivity contribution is 0.0968. The van der Waals surface area contributed by atoms with E-state index in [4.69, 9.17) is 16.3 Å². The number of carbonyl (C=O) groups is 1. The van der Waals surface area contributed by atoms with Gasteiger partial charge in [-0.1, -0.05) is 18.5 Å². The van der Waals surface area contributed by atoms with E-state index in [1.165, 1.54) is 0 Å². The van der Waals surface area contributed by atoms with Gasteiger partial charge in [0.25, 0.3) is 0 Å². The molecule has 0 N–H and O–H groups in total. The number of Topliss-reactive ketones (excluding diaryl/α,β-unsaturated/α-hetero) is 1. The Balaban J connectivity index is 2.12. The first-order valence-electron chi connectivity index (χ1n) is 5.69. The monoisotopic (exact) mass is 238 g/mol. The highest BCUT2D eigenvalue weighted by Crippen LogP contribution is 2.35. The third-order valence-corrected chi connectivity index (χ3v) is 2.94. The number of halogens is 1. The van der Waals surface area contributed by atoms with Gasteiger partial charge in [-0.3, -0.25) is 4.79 Å². The summed E-state index contributed by atoms with van der Waals surface area (Å²) in [7, 11) is 0. The normalized spacial score (nSPS) is 14.9. The maximum absolute atomic E-state index is 11.8. The molecule has 1 aromatic carbocycles. The molecule has 0 saturated heterocycles. The van der Waals surface area contributed by atoms with Gasteiger partial charge in [0, 0.05) is 11.5 Å². The number of benzene rings is 1. The van der Waals surface area contributed by atoms with E-state index < -0.39 is 0 Å². The van der Waals surface area contributed by atoms with Crippen molar-refractivity contribution in [2.75, 3.05) is 6.61 Å². The van der Waals surface area contributed by atoms with Crippen molar-refractivity contribution in [1.82, 2.24) is 0 Å². The quantitative estimate of drug-likeness (QED) is 0.731. The van der Waals surface area contributed by atoms with Crippen molar-refractivity contribution in [3.63, 3.8) is 0 Å². The Morgan fingerprint density at radius 3 is 2.81 bits per heavy atom. The lowest BCUT2D eigenvalue weighted by Crippen LogP contribution is -2.03. The van der Waals surface area contributed by atoms with E-state index in [1.54, 1.807) is 12.1 Å². The molecule has 3 heteroatoms. The van der Waals surface area contributed by atoms with Gasteiger partial charge in [0.2, 0.25) is 0 Å². The summed E-state index contributed by atoms with van der Waals surface area (Å²) < 4.78 is 5.45. The van der Waals surface area contributed by atoms with E-state index in [-0.39, 0.29) is 11.7 Å². The zero-order chi connectivity index (χ0) is 11.5. The Bertz CT molecular complexity index is 397. The summed E-state index contributed by atoms with van der Waals surface area (Å²) in [4.78, 5) is 11.8. The molecule has 0 bridgehead atoms. The maximum Gasteiger partial charge on any atom is 0.167 e. The molecule has 1 fully saturated rings. The van der Waals surface area contributed by atoms with E-state index in [2.05, 4.69) is 0 Å². The number of hydrogen-bond donors (Lipinski definition) is 0. The van der Waals surface area contributed by atoms with Gasteiger partial charge in [0.15, 0.2) is 5.78 Å². The summed E-state index contributed by atoms with van der Waals surface area (Å²) in [6.07, 6.45) is 2.97. The molecule has 0 aromatic heterocycles. The SMILES string of the molecule is CCCOc1ccc(C(=O)C2CC2)c(Cl)c1. The van der Waals surface area contributed by atoms with Crippen molar-refractivity contribution in [3.8, 4) is 5.75 Å². The van der Waals surface area contributed by atoms with Crippen molar-refractivity contribution in [1.29, 1.82) is 0 Å². The predicted octanol–water partition coefficient (Wildman–Crippen LogP) is 3.72. The third-order valence-electron chi connectivity index (χ3n) is 2.63. The molecule has 0 heterocycles. The van der Waals surface area contributed by atoms with Crippen LogP contribution in [-0.2, 0) is 0 Å². The van der Waals surface area contributed by atoms with Crippen LogP contribution >= 0.6 is 11.6 Å². The molecule has 16 heavy (non-hydrogen) atoms. The van der Waals surface area contributed by atoms with Gasteiger partial charge in [-0.15, -0.1) is 0 Å². The van der Waals surface area contributed by atoms with Crippen molar-refractivity contribution in [3.05, 3.63) is 28.8 Å². The zero-order valence-electron chi connectivity index (χ0n) is 9.33. The lowest BCUT2D eigenvalue weighted by atomic mass is 10.1. The molecule has 86 valence electrons. The van der Waals surface area contributed by atoms with E-state index >= 15 is 0 Å². The van der Waals surface area contributed by atoms with Gasteiger partial charge < -0.3 is 4.74 Å². The smallest absolute Gasteiger partial charge is 0.167 e. The minimum absolute atomic E-state index is 0.173. The van der Waals surface area contributed by atoms with Gasteiger partial charge in [-0.05, 0) is 37.5 Å². The number of ketones is 1. The summed E-state index contributed by atoms with van der Waals surface area (Å²) in [5.74, 6) is 1.12. The zero-order valence-corrected chi connectivity index (χ0v) is 10.1. The van der Waals surface area contributed by atoms with Crippen LogP contribution in [-0.4, -0.2) is 12.4 Å². The minimum atomic E-state index is 0.173. The topological polar surface area (TPSA) is 26.3 Å². The summed E-state index contributed by atoms with van der Waals surface area (Å²) >= 11 is 6.07. The molecular weight excluding hydrogens is 224 g/mol. The largest absolute Gasteiger partial charge is 0.494 e. The molecule has 1 saturated carbocycles. The van der Waals surface area contributed by atoms with Crippen molar-refractivity contribution >= 4 is 17.4 Å². The molecule has 0 aliphatic heterocycles. The Hall–Kier alpha value is -1.02. The first-order valence-corrected chi connectivity index (χ1v) is 6.06. The van der Waals surface area contributed by atoms with Crippen LogP contribution in [0.15, 0.2) is 18.2 Å². The molecule has 0 atom stereocenters. The van der Waals surface area contributed by atoms with Crippen molar-refractivity contribution < 1.29 is 9.53 Å². The number of ether oxygens (including phenoxy) is 1. The molecule has 0 spiro atoms. The van der Waals surface area contributed by atoms with Crippen LogP contribution in [0.4, 0.5) is 0 Å². The van der Waals surface area contributed by atoms with Gasteiger partial charge in [-0.25, -0.2) is 0 Å². The van der Waals surface area contributed by atoms with E-state index in [0.29, 0.717) is 17.2 Å². The highest BCUT2D eigenvalue weighted by Gasteiger charge is 2.31. The van der Waals surface area contributed by atoms with Crippen LogP contribution in [0.25, 0.3) is 0 Å². The van der Waals surface area contributed by atoms with E-state index in [0.717, 1.165) is 25.0 Å². The average molecular weight is 239 g/mol. The van der Waals surface area contributed by atoms with E-state index in [1.807, 2.05) is 13.0 Å². The first kappa shape index (κ1) is 11.5. The van der Waals surface area contributed by atoms with Crippen molar-refractivity contribution in [2.24, 2.45) is 5.92 Å². The third kappa shape index (κ3) is 2.56. The number of rotatable bonds is 5. The lowest BCUT2D eigenvalue weighted by Gasteiger charge is -2.07. The van der Waals surface area contributed by atoms with Gasteiger partial charge in [-0.2, -0.15) is 0 Å². The molecule has 1 aliphatic carbocycles. The average Bonchev–Trinajstić information content (AvgIpc) is 3.09. The van der Waals surface area contributed by atoms with Crippen LogP contribution < -0.4 is 4.74 Å². The number of hydrogen-bond acceptors (Lipinski definition) is 2. The van der Waals surface area contributed by atoms with Crippen LogP contribution in [0.5, 0.6) is 5.75 Å². The summed E-state index contributed by atoms with van der Waals surface area (Å²) in [5, 5.41) is 0.505. The fourth-order valence-electron chi connectivity index (χ4n) is 1.57. The van der Waals surface area contributed by atoms with Crippen LogP contribution in [0.3, 0.4) is 0 Å². The number of carbonyl (C=O) groups excluding carboxylic acids is 1. The highest BCUT2D eigenvalue weighted by atomic mass is 35.5. The fraction of sp³-hybridized carbons (Fsp3) is 0.462. The van der Waals surface area contributed by atoms with Gasteiger partial charge >= 0.3 is 0 Å². The summed E-state index contributed by atoms with van der Waals surface area (Å²) in [5.41, 5.74) is 0.632. The Morgan fingerprint density at radius 1 is 1.50 bits per heavy atom. The molecule has 1 aromatic rings. The van der Waals surface area contributed by atoms with E-state index in [9.17, 15) is 4.79 Å². The second-order valence-corrected chi connectivity index (χ2v) is 4.54. The predicted molar refractivity (Wildman–Crippen MR) is 64.3 cm³/mol. The Labute approximate surface area is 101 Å². The molecule has 0 unspecified atom stereocenters. The van der Waals surface area contributed by atoms with Crippen LogP contribution in [0.2, 0.25) is 5.02 Å². The molecular formula is C13H15ClO2. The van der Waals surface area contributed by atoms with Crippen LogP contribution in [0, 0.1) is 5.92 Å².